The van der Waals surface area contributed by atoms with E-state index in [9.17, 15) is 5.11 Å². The van der Waals surface area contributed by atoms with Crippen molar-refractivity contribution < 1.29 is 9.84 Å². The second-order valence-electron chi connectivity index (χ2n) is 5.45. The van der Waals surface area contributed by atoms with Crippen LogP contribution in [0.1, 0.15) is 26.2 Å². The second-order valence-corrected chi connectivity index (χ2v) is 6.24. The third kappa shape index (κ3) is 2.96. The summed E-state index contributed by atoms with van der Waals surface area (Å²) in [5.74, 6) is 1.51. The first kappa shape index (κ1) is 13.8. The number of hydrogen-bond acceptors (Lipinski definition) is 4. The maximum Gasteiger partial charge on any atom is 0.135 e. The largest absolute Gasteiger partial charge is 0.492 e. The van der Waals surface area contributed by atoms with Crippen LogP contribution in [0, 0.1) is 5.92 Å². The molecule has 1 aromatic heterocycles. The summed E-state index contributed by atoms with van der Waals surface area (Å²) in [6.45, 7) is 3.19. The first-order valence-corrected chi connectivity index (χ1v) is 7.77. The van der Waals surface area contributed by atoms with Gasteiger partial charge >= 0.3 is 0 Å². The normalized spacial score (nSPS) is 16.6. The molecule has 1 aliphatic carbocycles. The van der Waals surface area contributed by atoms with Gasteiger partial charge in [0.2, 0.25) is 0 Å². The van der Waals surface area contributed by atoms with Gasteiger partial charge in [-0.05, 0) is 53.7 Å². The fourth-order valence-corrected chi connectivity index (χ4v) is 2.65. The van der Waals surface area contributed by atoms with Crippen LogP contribution in [0.4, 0.5) is 0 Å². The Hall–Kier alpha value is -1.14. The lowest BCUT2D eigenvalue weighted by Crippen LogP contribution is -2.07. The van der Waals surface area contributed by atoms with Gasteiger partial charge < -0.3 is 9.84 Å². The summed E-state index contributed by atoms with van der Waals surface area (Å²) < 4.78 is 8.48. The first-order valence-electron chi connectivity index (χ1n) is 6.97. The topological polar surface area (TPSA) is 60.2 Å². The minimum absolute atomic E-state index is 0.350. The standard InChI is InChI=1S/C14H18BrN3O2/c1-9(19)6-7-20-12-5-4-11-14(13(12)15)16-17-18(11)8-10-2-3-10/h4-5,9-10,19H,2-3,6-8H2,1H3. The number of aromatic nitrogens is 3. The van der Waals surface area contributed by atoms with Gasteiger partial charge in [-0.15, -0.1) is 5.10 Å². The third-order valence-corrected chi connectivity index (χ3v) is 4.28. The molecule has 0 amide bonds. The average molecular weight is 340 g/mol. The number of halogens is 1. The number of nitrogens with zero attached hydrogens (tertiary/aromatic N) is 3. The van der Waals surface area contributed by atoms with Gasteiger partial charge in [0.15, 0.2) is 0 Å². The molecule has 1 aromatic carbocycles. The van der Waals surface area contributed by atoms with E-state index in [0.717, 1.165) is 33.7 Å². The summed E-state index contributed by atoms with van der Waals surface area (Å²) in [5, 5.41) is 17.7. The van der Waals surface area contributed by atoms with E-state index in [1.807, 2.05) is 16.8 Å². The molecule has 20 heavy (non-hydrogen) atoms. The summed E-state index contributed by atoms with van der Waals surface area (Å²) in [7, 11) is 0. The van der Waals surface area contributed by atoms with Crippen LogP contribution in [-0.2, 0) is 6.54 Å². The lowest BCUT2D eigenvalue weighted by Gasteiger charge is -2.09. The van der Waals surface area contributed by atoms with Gasteiger partial charge in [-0.1, -0.05) is 5.21 Å². The minimum atomic E-state index is -0.350. The maximum atomic E-state index is 9.25. The lowest BCUT2D eigenvalue weighted by atomic mass is 10.2. The van der Waals surface area contributed by atoms with Crippen LogP contribution < -0.4 is 4.74 Å². The van der Waals surface area contributed by atoms with Gasteiger partial charge in [0.25, 0.3) is 0 Å². The van der Waals surface area contributed by atoms with Crippen LogP contribution in [0.3, 0.4) is 0 Å². The van der Waals surface area contributed by atoms with E-state index in [-0.39, 0.29) is 6.10 Å². The van der Waals surface area contributed by atoms with Crippen LogP contribution in [-0.4, -0.2) is 32.8 Å². The summed E-state index contributed by atoms with van der Waals surface area (Å²) in [4.78, 5) is 0. The van der Waals surface area contributed by atoms with E-state index >= 15 is 0 Å². The van der Waals surface area contributed by atoms with Crippen molar-refractivity contribution in [1.29, 1.82) is 0 Å². The Bertz CT molecular complexity index is 608. The fourth-order valence-electron chi connectivity index (χ4n) is 2.12. The van der Waals surface area contributed by atoms with E-state index in [2.05, 4.69) is 26.2 Å². The third-order valence-electron chi connectivity index (χ3n) is 3.51. The van der Waals surface area contributed by atoms with Crippen molar-refractivity contribution in [2.45, 2.75) is 38.8 Å². The highest BCUT2D eigenvalue weighted by atomic mass is 79.9. The molecule has 1 aliphatic rings. The second kappa shape index (κ2) is 5.69. The molecule has 0 saturated heterocycles. The van der Waals surface area contributed by atoms with Crippen LogP contribution in [0.5, 0.6) is 5.75 Å². The van der Waals surface area contributed by atoms with Crippen molar-refractivity contribution in [3.63, 3.8) is 0 Å². The number of aliphatic hydroxyl groups is 1. The monoisotopic (exact) mass is 339 g/mol. The molecule has 1 N–H and O–H groups in total. The SMILES string of the molecule is CC(O)CCOc1ccc2c(nnn2CC2CC2)c1Br. The first-order chi connectivity index (χ1) is 9.65. The molecule has 1 heterocycles. The Labute approximate surface area is 126 Å². The average Bonchev–Trinajstić information content (AvgIpc) is 3.12. The Morgan fingerprint density at radius 1 is 1.50 bits per heavy atom. The molecule has 0 bridgehead atoms. The Morgan fingerprint density at radius 2 is 2.30 bits per heavy atom. The quantitative estimate of drug-likeness (QED) is 0.878. The highest BCUT2D eigenvalue weighted by Gasteiger charge is 2.23. The maximum absolute atomic E-state index is 9.25. The molecular formula is C14H18BrN3O2. The highest BCUT2D eigenvalue weighted by Crippen LogP contribution is 2.34. The highest BCUT2D eigenvalue weighted by molar-refractivity contribution is 9.10. The molecule has 3 rings (SSSR count). The predicted octanol–water partition coefficient (Wildman–Crippen LogP) is 2.75. The summed E-state index contributed by atoms with van der Waals surface area (Å²) in [6, 6.07) is 3.93. The summed E-state index contributed by atoms with van der Waals surface area (Å²) in [5.41, 5.74) is 1.87. The summed E-state index contributed by atoms with van der Waals surface area (Å²) >= 11 is 3.54. The molecule has 5 nitrogen and oxygen atoms in total. The van der Waals surface area contributed by atoms with Crippen molar-refractivity contribution in [2.75, 3.05) is 6.61 Å². The van der Waals surface area contributed by atoms with Crippen molar-refractivity contribution in [3.05, 3.63) is 16.6 Å². The number of benzene rings is 1. The van der Waals surface area contributed by atoms with Gasteiger partial charge in [0, 0.05) is 13.0 Å². The Morgan fingerprint density at radius 3 is 3.00 bits per heavy atom. The minimum Gasteiger partial charge on any atom is -0.492 e. The molecule has 1 atom stereocenters. The van der Waals surface area contributed by atoms with Crippen molar-refractivity contribution in [1.82, 2.24) is 15.0 Å². The van der Waals surface area contributed by atoms with Crippen molar-refractivity contribution in [2.24, 2.45) is 5.92 Å². The number of ether oxygens (including phenoxy) is 1. The molecule has 0 aliphatic heterocycles. The molecule has 0 spiro atoms. The molecule has 6 heteroatoms. The lowest BCUT2D eigenvalue weighted by molar-refractivity contribution is 0.155. The number of hydrogen-bond donors (Lipinski definition) is 1. The number of rotatable bonds is 6. The van der Waals surface area contributed by atoms with Crippen LogP contribution in [0.25, 0.3) is 11.0 Å². The van der Waals surface area contributed by atoms with Crippen molar-refractivity contribution in [3.8, 4) is 5.75 Å². The number of aliphatic hydroxyl groups excluding tert-OH is 1. The molecular weight excluding hydrogens is 322 g/mol. The van der Waals surface area contributed by atoms with Gasteiger partial charge in [-0.3, -0.25) is 0 Å². The van der Waals surface area contributed by atoms with Crippen LogP contribution in [0.15, 0.2) is 16.6 Å². The van der Waals surface area contributed by atoms with Gasteiger partial charge in [0.05, 0.1) is 22.7 Å². The van der Waals surface area contributed by atoms with Crippen molar-refractivity contribution >= 4 is 27.0 Å². The van der Waals surface area contributed by atoms with Gasteiger partial charge in [0.1, 0.15) is 11.3 Å². The number of fused-ring (bicyclic) bond motifs is 1. The molecule has 2 aromatic rings. The molecule has 108 valence electrons. The van der Waals surface area contributed by atoms with E-state index < -0.39 is 0 Å². The van der Waals surface area contributed by atoms with E-state index in [1.54, 1.807) is 6.92 Å². The van der Waals surface area contributed by atoms with Crippen LogP contribution >= 0.6 is 15.9 Å². The predicted molar refractivity (Wildman–Crippen MR) is 79.7 cm³/mol. The fraction of sp³-hybridized carbons (Fsp3) is 0.571. The van der Waals surface area contributed by atoms with E-state index in [1.165, 1.54) is 12.8 Å². The van der Waals surface area contributed by atoms with E-state index in [0.29, 0.717) is 13.0 Å². The molecule has 1 fully saturated rings. The molecule has 1 unspecified atom stereocenters. The zero-order valence-corrected chi connectivity index (χ0v) is 13.0. The van der Waals surface area contributed by atoms with E-state index in [4.69, 9.17) is 4.74 Å². The smallest absolute Gasteiger partial charge is 0.135 e. The Kier molecular flexibility index (Phi) is 3.94. The van der Waals surface area contributed by atoms with Crippen LogP contribution in [0.2, 0.25) is 0 Å². The Balaban J connectivity index is 1.79. The van der Waals surface area contributed by atoms with Gasteiger partial charge in [-0.25, -0.2) is 4.68 Å². The van der Waals surface area contributed by atoms with Gasteiger partial charge in [-0.2, -0.15) is 0 Å². The zero-order valence-electron chi connectivity index (χ0n) is 11.4. The molecule has 1 saturated carbocycles. The summed E-state index contributed by atoms with van der Waals surface area (Å²) in [6.07, 6.45) is 2.85. The molecule has 0 radical (unpaired) electrons. The zero-order chi connectivity index (χ0) is 14.1.